The summed E-state index contributed by atoms with van der Waals surface area (Å²) in [5, 5.41) is 9.65. The van der Waals surface area contributed by atoms with E-state index >= 15 is 0 Å². The molecule has 0 radical (unpaired) electrons. The molecule has 1 saturated heterocycles. The Hall–Kier alpha value is -1.88. The molecule has 25 heavy (non-hydrogen) atoms. The number of hydrogen-bond acceptors (Lipinski definition) is 3. The molecule has 1 aromatic carbocycles. The summed E-state index contributed by atoms with van der Waals surface area (Å²) in [6.07, 6.45) is 6.01. The Morgan fingerprint density at radius 2 is 1.96 bits per heavy atom. The van der Waals surface area contributed by atoms with Gasteiger partial charge in [-0.05, 0) is 50.2 Å². The molecular formula is C20H26N2O3. The van der Waals surface area contributed by atoms with Crippen LogP contribution in [0.3, 0.4) is 0 Å². The lowest BCUT2D eigenvalue weighted by Crippen LogP contribution is -2.49. The zero-order valence-electron chi connectivity index (χ0n) is 14.7. The Kier molecular flexibility index (Phi) is 4.28. The van der Waals surface area contributed by atoms with Crippen molar-refractivity contribution in [1.82, 2.24) is 4.90 Å². The first-order valence-corrected chi connectivity index (χ1v) is 9.44. The lowest BCUT2D eigenvalue weighted by molar-refractivity contribution is -0.143. The van der Waals surface area contributed by atoms with Crippen LogP contribution in [-0.2, 0) is 16.0 Å². The highest BCUT2D eigenvalue weighted by Gasteiger charge is 2.46. The predicted molar refractivity (Wildman–Crippen MR) is 95.6 cm³/mol. The van der Waals surface area contributed by atoms with Crippen LogP contribution in [0.4, 0.5) is 5.69 Å². The number of nitrogens with zero attached hydrogens (tertiary/aromatic N) is 2. The van der Waals surface area contributed by atoms with E-state index in [1.54, 1.807) is 0 Å². The summed E-state index contributed by atoms with van der Waals surface area (Å²) < 4.78 is 0. The van der Waals surface area contributed by atoms with Gasteiger partial charge in [0.05, 0.1) is 6.54 Å². The van der Waals surface area contributed by atoms with Gasteiger partial charge in [-0.1, -0.05) is 31.0 Å². The van der Waals surface area contributed by atoms with Crippen LogP contribution in [0.25, 0.3) is 0 Å². The minimum absolute atomic E-state index is 0.0370. The highest BCUT2D eigenvalue weighted by Crippen LogP contribution is 2.40. The number of amides is 1. The maximum atomic E-state index is 13.1. The van der Waals surface area contributed by atoms with Gasteiger partial charge in [-0.2, -0.15) is 0 Å². The van der Waals surface area contributed by atoms with Gasteiger partial charge in [0, 0.05) is 17.8 Å². The molecule has 4 unspecified atom stereocenters. The molecule has 1 aromatic rings. The number of para-hydroxylation sites is 1. The Balaban J connectivity index is 1.56. The number of aliphatic carboxylic acids is 1. The van der Waals surface area contributed by atoms with E-state index in [0.29, 0.717) is 12.3 Å². The molecule has 2 heterocycles. The second kappa shape index (κ2) is 6.45. The summed E-state index contributed by atoms with van der Waals surface area (Å²) in [5.41, 5.74) is 2.20. The van der Waals surface area contributed by atoms with Gasteiger partial charge in [0.2, 0.25) is 5.91 Å². The average molecular weight is 342 g/mol. The highest BCUT2D eigenvalue weighted by atomic mass is 16.4. The molecule has 2 aliphatic heterocycles. The standard InChI is InChI=1S/C20H26N2O3/c1-13-10-14-6-3-5-9-17(14)22(13)19(23)12-21-16-8-4-2-7-15(16)11-18(21)20(24)25/h3,5-6,9,13,15-16,18H,2,4,7-8,10-12H2,1H3,(H,24,25). The van der Waals surface area contributed by atoms with Crippen molar-refractivity contribution in [2.75, 3.05) is 11.4 Å². The number of carbonyl (C=O) groups is 2. The second-order valence-corrected chi connectivity index (χ2v) is 7.82. The summed E-state index contributed by atoms with van der Waals surface area (Å²) in [7, 11) is 0. The first-order valence-electron chi connectivity index (χ1n) is 9.44. The monoisotopic (exact) mass is 342 g/mol. The molecule has 4 rings (SSSR count). The minimum Gasteiger partial charge on any atom is -0.480 e. The first-order chi connectivity index (χ1) is 12.1. The molecule has 1 amide bonds. The Bertz CT molecular complexity index is 689. The molecule has 2 fully saturated rings. The van der Waals surface area contributed by atoms with Gasteiger partial charge in [0.25, 0.3) is 0 Å². The van der Waals surface area contributed by atoms with Crippen LogP contribution in [-0.4, -0.2) is 46.6 Å². The second-order valence-electron chi connectivity index (χ2n) is 7.82. The van der Waals surface area contributed by atoms with Crippen LogP contribution in [0, 0.1) is 5.92 Å². The van der Waals surface area contributed by atoms with Crippen LogP contribution in [0.5, 0.6) is 0 Å². The molecule has 3 aliphatic rings. The van der Waals surface area contributed by atoms with Gasteiger partial charge in [-0.15, -0.1) is 0 Å². The summed E-state index contributed by atoms with van der Waals surface area (Å²) in [6.45, 7) is 2.29. The van der Waals surface area contributed by atoms with Crippen LogP contribution in [0.2, 0.25) is 0 Å². The van der Waals surface area contributed by atoms with Crippen molar-refractivity contribution in [3.63, 3.8) is 0 Å². The Morgan fingerprint density at radius 1 is 1.20 bits per heavy atom. The summed E-state index contributed by atoms with van der Waals surface area (Å²) in [6, 6.07) is 7.93. The maximum Gasteiger partial charge on any atom is 0.320 e. The minimum atomic E-state index is -0.780. The highest BCUT2D eigenvalue weighted by molar-refractivity contribution is 5.97. The molecule has 5 nitrogen and oxygen atoms in total. The summed E-state index contributed by atoms with van der Waals surface area (Å²) in [4.78, 5) is 28.7. The molecule has 4 atom stereocenters. The Morgan fingerprint density at radius 3 is 2.76 bits per heavy atom. The van der Waals surface area contributed by atoms with Gasteiger partial charge in [-0.3, -0.25) is 14.5 Å². The molecule has 134 valence electrons. The average Bonchev–Trinajstić information content (AvgIpc) is 3.12. The van der Waals surface area contributed by atoms with Crippen molar-refractivity contribution < 1.29 is 14.7 Å². The van der Waals surface area contributed by atoms with Crippen LogP contribution < -0.4 is 4.90 Å². The van der Waals surface area contributed by atoms with Gasteiger partial charge in [0.1, 0.15) is 6.04 Å². The fraction of sp³-hybridized carbons (Fsp3) is 0.600. The quantitative estimate of drug-likeness (QED) is 0.917. The smallest absolute Gasteiger partial charge is 0.320 e. The van der Waals surface area contributed by atoms with Crippen LogP contribution in [0.1, 0.15) is 44.6 Å². The third kappa shape index (κ3) is 2.84. The molecule has 0 bridgehead atoms. The van der Waals surface area contributed by atoms with E-state index in [2.05, 4.69) is 13.0 Å². The number of carbonyl (C=O) groups excluding carboxylic acids is 1. The lowest BCUT2D eigenvalue weighted by Gasteiger charge is -2.34. The fourth-order valence-electron chi connectivity index (χ4n) is 5.20. The topological polar surface area (TPSA) is 60.9 Å². The van der Waals surface area contributed by atoms with Crippen molar-refractivity contribution in [1.29, 1.82) is 0 Å². The molecule has 0 spiro atoms. The van der Waals surface area contributed by atoms with E-state index in [0.717, 1.165) is 31.4 Å². The number of fused-ring (bicyclic) bond motifs is 2. The third-order valence-electron chi connectivity index (χ3n) is 6.30. The zero-order valence-corrected chi connectivity index (χ0v) is 14.7. The molecule has 1 aliphatic carbocycles. The van der Waals surface area contributed by atoms with Gasteiger partial charge in [0.15, 0.2) is 0 Å². The van der Waals surface area contributed by atoms with E-state index in [1.165, 1.54) is 12.0 Å². The van der Waals surface area contributed by atoms with Crippen LogP contribution in [0.15, 0.2) is 24.3 Å². The SMILES string of the molecule is CC1Cc2ccccc2N1C(=O)CN1C(C(=O)O)CC2CCCCC21. The van der Waals surface area contributed by atoms with Crippen LogP contribution >= 0.6 is 0 Å². The van der Waals surface area contributed by atoms with E-state index in [-0.39, 0.29) is 24.5 Å². The molecular weight excluding hydrogens is 316 g/mol. The maximum absolute atomic E-state index is 13.1. The van der Waals surface area contributed by atoms with Crippen molar-refractivity contribution >= 4 is 17.6 Å². The molecule has 0 aromatic heterocycles. The number of likely N-dealkylation sites (tertiary alicyclic amines) is 1. The lowest BCUT2D eigenvalue weighted by atomic mass is 9.85. The summed E-state index contributed by atoms with van der Waals surface area (Å²) >= 11 is 0. The van der Waals surface area contributed by atoms with E-state index < -0.39 is 12.0 Å². The van der Waals surface area contributed by atoms with Gasteiger partial charge >= 0.3 is 5.97 Å². The molecule has 1 N–H and O–H groups in total. The number of hydrogen-bond donors (Lipinski definition) is 1. The number of benzene rings is 1. The van der Waals surface area contributed by atoms with Gasteiger partial charge in [-0.25, -0.2) is 0 Å². The van der Waals surface area contributed by atoms with Crippen molar-refractivity contribution in [3.05, 3.63) is 29.8 Å². The predicted octanol–water partition coefficient (Wildman–Crippen LogP) is 2.68. The van der Waals surface area contributed by atoms with Gasteiger partial charge < -0.3 is 10.0 Å². The first kappa shape index (κ1) is 16.6. The van der Waals surface area contributed by atoms with E-state index in [9.17, 15) is 14.7 Å². The largest absolute Gasteiger partial charge is 0.480 e. The number of rotatable bonds is 3. The zero-order chi connectivity index (χ0) is 17.6. The van der Waals surface area contributed by atoms with E-state index in [4.69, 9.17) is 0 Å². The Labute approximate surface area is 148 Å². The normalized spacial score (nSPS) is 31.6. The number of anilines is 1. The van der Waals surface area contributed by atoms with Crippen molar-refractivity contribution in [2.45, 2.75) is 63.6 Å². The van der Waals surface area contributed by atoms with Crippen molar-refractivity contribution in [3.8, 4) is 0 Å². The molecule has 5 heteroatoms. The van der Waals surface area contributed by atoms with Crippen molar-refractivity contribution in [2.24, 2.45) is 5.92 Å². The third-order valence-corrected chi connectivity index (χ3v) is 6.30. The summed E-state index contributed by atoms with van der Waals surface area (Å²) in [5.74, 6) is -0.307. The fourth-order valence-corrected chi connectivity index (χ4v) is 5.20. The van der Waals surface area contributed by atoms with E-state index in [1.807, 2.05) is 28.0 Å². The number of carboxylic acids is 1. The number of carboxylic acid groups (broad SMARTS) is 1. The molecule has 1 saturated carbocycles.